The van der Waals surface area contributed by atoms with Gasteiger partial charge in [0.1, 0.15) is 17.6 Å². The summed E-state index contributed by atoms with van der Waals surface area (Å²) in [6.45, 7) is 1.23. The van der Waals surface area contributed by atoms with Crippen molar-refractivity contribution in [3.8, 4) is 5.75 Å². The predicted octanol–water partition coefficient (Wildman–Crippen LogP) is 2.18. The quantitative estimate of drug-likeness (QED) is 0.618. The van der Waals surface area contributed by atoms with Gasteiger partial charge in [0.25, 0.3) is 5.91 Å². The third-order valence-corrected chi connectivity index (χ3v) is 3.31. The molecule has 2 aromatic rings. The molecular weight excluding hydrogens is 329 g/mol. The van der Waals surface area contributed by atoms with Crippen LogP contribution in [0.1, 0.15) is 22.8 Å². The van der Waals surface area contributed by atoms with E-state index in [4.69, 9.17) is 4.74 Å². The molecule has 7 heteroatoms. The molecule has 0 aliphatic carbocycles. The molecule has 1 amide bonds. The summed E-state index contributed by atoms with van der Waals surface area (Å²) in [4.78, 5) is 34.6. The van der Waals surface area contributed by atoms with Gasteiger partial charge in [-0.25, -0.2) is 9.18 Å². The first-order valence-electron chi connectivity index (χ1n) is 7.42. The standard InChI is InChI=1S/C18H16FNO5/c1-11(21)25-15-4-2-3-13(10-15)17(22)20-16(18(23)24)9-12-5-7-14(19)8-6-12/h2-8,10,16H,9H2,1H3,(H,20,22)(H,23,24)/t16-/m1/s1. The minimum atomic E-state index is -1.21. The maximum Gasteiger partial charge on any atom is 0.326 e. The normalized spacial score (nSPS) is 11.4. The van der Waals surface area contributed by atoms with Gasteiger partial charge in [0, 0.05) is 18.9 Å². The van der Waals surface area contributed by atoms with E-state index in [9.17, 15) is 23.9 Å². The van der Waals surface area contributed by atoms with Crippen LogP contribution >= 0.6 is 0 Å². The van der Waals surface area contributed by atoms with Crippen LogP contribution in [0.3, 0.4) is 0 Å². The van der Waals surface area contributed by atoms with Crippen molar-refractivity contribution in [3.63, 3.8) is 0 Å². The maximum absolute atomic E-state index is 12.9. The third-order valence-electron chi connectivity index (χ3n) is 3.31. The minimum absolute atomic E-state index is 0.00495. The monoisotopic (exact) mass is 345 g/mol. The van der Waals surface area contributed by atoms with Gasteiger partial charge in [0.15, 0.2) is 0 Å². The van der Waals surface area contributed by atoms with Gasteiger partial charge < -0.3 is 15.2 Å². The highest BCUT2D eigenvalue weighted by Gasteiger charge is 2.21. The molecule has 0 heterocycles. The van der Waals surface area contributed by atoms with Crippen LogP contribution in [0.4, 0.5) is 4.39 Å². The number of nitrogens with one attached hydrogen (secondary N) is 1. The zero-order valence-electron chi connectivity index (χ0n) is 13.4. The maximum atomic E-state index is 12.9. The lowest BCUT2D eigenvalue weighted by Crippen LogP contribution is -2.42. The van der Waals surface area contributed by atoms with Gasteiger partial charge in [0.2, 0.25) is 0 Å². The Balaban J connectivity index is 2.11. The molecule has 0 aliphatic rings. The van der Waals surface area contributed by atoms with Gasteiger partial charge in [-0.05, 0) is 35.9 Å². The average Bonchev–Trinajstić information content (AvgIpc) is 2.55. The second kappa shape index (κ2) is 8.05. The van der Waals surface area contributed by atoms with E-state index >= 15 is 0 Å². The minimum Gasteiger partial charge on any atom is -0.480 e. The molecule has 0 radical (unpaired) electrons. The number of carbonyl (C=O) groups excluding carboxylic acids is 2. The highest BCUT2D eigenvalue weighted by Crippen LogP contribution is 2.14. The van der Waals surface area contributed by atoms with Crippen LogP contribution in [0.5, 0.6) is 5.75 Å². The van der Waals surface area contributed by atoms with E-state index in [-0.39, 0.29) is 17.7 Å². The fraction of sp³-hybridized carbons (Fsp3) is 0.167. The topological polar surface area (TPSA) is 92.7 Å². The van der Waals surface area contributed by atoms with E-state index in [1.165, 1.54) is 55.5 Å². The number of hydrogen-bond donors (Lipinski definition) is 2. The molecule has 2 aromatic carbocycles. The highest BCUT2D eigenvalue weighted by molar-refractivity contribution is 5.97. The molecule has 0 aliphatic heterocycles. The Bertz CT molecular complexity index is 788. The van der Waals surface area contributed by atoms with Crippen LogP contribution in [0.25, 0.3) is 0 Å². The molecule has 2 N–H and O–H groups in total. The lowest BCUT2D eigenvalue weighted by molar-refractivity contribution is -0.139. The van der Waals surface area contributed by atoms with Gasteiger partial charge in [-0.2, -0.15) is 0 Å². The largest absolute Gasteiger partial charge is 0.480 e. The van der Waals surface area contributed by atoms with Crippen LogP contribution < -0.4 is 10.1 Å². The summed E-state index contributed by atoms with van der Waals surface area (Å²) in [6, 6.07) is 10.0. The molecule has 0 spiro atoms. The fourth-order valence-electron chi connectivity index (χ4n) is 2.16. The molecule has 25 heavy (non-hydrogen) atoms. The number of ether oxygens (including phenoxy) is 1. The van der Waals surface area contributed by atoms with E-state index in [2.05, 4.69) is 5.32 Å². The molecule has 0 fully saturated rings. The first-order valence-corrected chi connectivity index (χ1v) is 7.42. The smallest absolute Gasteiger partial charge is 0.326 e. The fourth-order valence-corrected chi connectivity index (χ4v) is 2.16. The predicted molar refractivity (Wildman–Crippen MR) is 86.7 cm³/mol. The van der Waals surface area contributed by atoms with Crippen molar-refractivity contribution in [1.29, 1.82) is 0 Å². The summed E-state index contributed by atoms with van der Waals surface area (Å²) in [5.41, 5.74) is 0.729. The van der Waals surface area contributed by atoms with Crippen LogP contribution in [0.2, 0.25) is 0 Å². The summed E-state index contributed by atoms with van der Waals surface area (Å²) in [5, 5.41) is 11.7. The molecule has 2 rings (SSSR count). The Kier molecular flexibility index (Phi) is 5.84. The van der Waals surface area contributed by atoms with E-state index in [0.717, 1.165) is 0 Å². The molecular formula is C18H16FNO5. The van der Waals surface area contributed by atoms with Crippen molar-refractivity contribution in [2.75, 3.05) is 0 Å². The van der Waals surface area contributed by atoms with Crippen molar-refractivity contribution in [1.82, 2.24) is 5.32 Å². The number of carboxylic acid groups (broad SMARTS) is 1. The molecule has 130 valence electrons. The summed E-state index contributed by atoms with van der Waals surface area (Å²) in [5.74, 6) is -2.61. The number of amides is 1. The third kappa shape index (κ3) is 5.42. The second-order valence-corrected chi connectivity index (χ2v) is 5.32. The number of carbonyl (C=O) groups is 3. The van der Waals surface area contributed by atoms with Crippen molar-refractivity contribution < 1.29 is 28.6 Å². The summed E-state index contributed by atoms with van der Waals surface area (Å²) in [6.07, 6.45) is 0.00495. The average molecular weight is 345 g/mol. The Morgan fingerprint density at radius 3 is 2.44 bits per heavy atom. The Morgan fingerprint density at radius 1 is 1.16 bits per heavy atom. The molecule has 0 saturated carbocycles. The lowest BCUT2D eigenvalue weighted by atomic mass is 10.1. The van der Waals surface area contributed by atoms with E-state index < -0.39 is 29.7 Å². The zero-order chi connectivity index (χ0) is 18.4. The summed E-state index contributed by atoms with van der Waals surface area (Å²) in [7, 11) is 0. The molecule has 6 nitrogen and oxygen atoms in total. The SMILES string of the molecule is CC(=O)Oc1cccc(C(=O)N[C@H](Cc2ccc(F)cc2)C(=O)O)c1. The van der Waals surface area contributed by atoms with Crippen molar-refractivity contribution in [2.24, 2.45) is 0 Å². The van der Waals surface area contributed by atoms with Gasteiger partial charge in [-0.1, -0.05) is 18.2 Å². The van der Waals surface area contributed by atoms with Gasteiger partial charge in [0.05, 0.1) is 0 Å². The Morgan fingerprint density at radius 2 is 1.84 bits per heavy atom. The zero-order valence-corrected chi connectivity index (χ0v) is 13.4. The number of aliphatic carboxylic acids is 1. The summed E-state index contributed by atoms with van der Waals surface area (Å²) >= 11 is 0. The number of carboxylic acids is 1. The molecule has 0 bridgehead atoms. The summed E-state index contributed by atoms with van der Waals surface area (Å²) < 4.78 is 17.8. The molecule has 0 saturated heterocycles. The number of hydrogen-bond acceptors (Lipinski definition) is 4. The van der Waals surface area contributed by atoms with Crippen LogP contribution in [0.15, 0.2) is 48.5 Å². The Hall–Kier alpha value is -3.22. The van der Waals surface area contributed by atoms with E-state index in [1.54, 1.807) is 0 Å². The number of rotatable bonds is 6. The highest BCUT2D eigenvalue weighted by atomic mass is 19.1. The number of halogens is 1. The van der Waals surface area contributed by atoms with Crippen LogP contribution in [-0.4, -0.2) is 29.0 Å². The van der Waals surface area contributed by atoms with Crippen LogP contribution in [0, 0.1) is 5.82 Å². The van der Waals surface area contributed by atoms with Gasteiger partial charge >= 0.3 is 11.9 Å². The van der Waals surface area contributed by atoms with E-state index in [1.807, 2.05) is 0 Å². The number of esters is 1. The number of benzene rings is 2. The second-order valence-electron chi connectivity index (χ2n) is 5.32. The van der Waals surface area contributed by atoms with Crippen molar-refractivity contribution in [3.05, 3.63) is 65.5 Å². The Labute approximate surface area is 143 Å². The van der Waals surface area contributed by atoms with Crippen molar-refractivity contribution in [2.45, 2.75) is 19.4 Å². The van der Waals surface area contributed by atoms with Gasteiger partial charge in [-0.15, -0.1) is 0 Å². The molecule has 0 aromatic heterocycles. The van der Waals surface area contributed by atoms with Crippen molar-refractivity contribution >= 4 is 17.8 Å². The van der Waals surface area contributed by atoms with Crippen LogP contribution in [-0.2, 0) is 16.0 Å². The first-order chi connectivity index (χ1) is 11.8. The molecule has 1 atom stereocenters. The van der Waals surface area contributed by atoms with E-state index in [0.29, 0.717) is 5.56 Å². The lowest BCUT2D eigenvalue weighted by Gasteiger charge is -2.15. The first kappa shape index (κ1) is 18.1. The molecule has 0 unspecified atom stereocenters. The van der Waals surface area contributed by atoms with Gasteiger partial charge in [-0.3, -0.25) is 9.59 Å².